The number of methoxy groups -OCH3 is 2. The Balaban J connectivity index is 2.15. The average molecular weight is 369 g/mol. The van der Waals surface area contributed by atoms with E-state index in [-0.39, 0.29) is 6.42 Å². The van der Waals surface area contributed by atoms with Gasteiger partial charge in [-0.1, -0.05) is 60.7 Å². The Morgan fingerprint density at radius 3 is 1.89 bits per heavy atom. The zero-order valence-corrected chi connectivity index (χ0v) is 15.6. The maximum Gasteiger partial charge on any atom is 0.325 e. The van der Waals surface area contributed by atoms with E-state index < -0.39 is 29.5 Å². The number of hydrogen-bond donors (Lipinski definition) is 0. The Kier molecular flexibility index (Phi) is 5.58. The summed E-state index contributed by atoms with van der Waals surface area (Å²) in [6.45, 7) is 0. The van der Waals surface area contributed by atoms with Crippen LogP contribution in [0.3, 0.4) is 0 Å². The second kappa shape index (κ2) is 7.90. The summed E-state index contributed by atoms with van der Waals surface area (Å²) >= 11 is 0. The van der Waals surface area contributed by atoms with E-state index in [1.165, 1.54) is 14.2 Å². The van der Waals surface area contributed by atoms with Crippen molar-refractivity contribution in [3.63, 3.8) is 0 Å². The van der Waals surface area contributed by atoms with Gasteiger partial charge in [-0.3, -0.25) is 14.4 Å². The second-order valence-corrected chi connectivity index (χ2v) is 6.52. The quantitative estimate of drug-likeness (QED) is 0.610. The minimum atomic E-state index is -1.56. The fourth-order valence-electron chi connectivity index (χ4n) is 3.83. The first-order valence-corrected chi connectivity index (χ1v) is 8.71. The molecule has 0 N–H and O–H groups in total. The highest BCUT2D eigenvalue weighted by molar-refractivity contribution is 6.01. The Morgan fingerprint density at radius 2 is 1.41 bits per heavy atom. The lowest BCUT2D eigenvalue weighted by Crippen LogP contribution is -2.55. The largest absolute Gasteiger partial charge is 0.468 e. The Labute approximate surface area is 158 Å². The highest BCUT2D eigenvalue weighted by Crippen LogP contribution is 2.51. The molecule has 6 nitrogen and oxygen atoms in total. The highest BCUT2D eigenvalue weighted by atomic mass is 16.7. The Morgan fingerprint density at radius 1 is 0.926 bits per heavy atom. The lowest BCUT2D eigenvalue weighted by Gasteiger charge is -2.47. The maximum atomic E-state index is 13.0. The third kappa shape index (κ3) is 3.34. The van der Waals surface area contributed by atoms with Gasteiger partial charge in [0.15, 0.2) is 5.41 Å². The molecular formula is C21H23NO5. The van der Waals surface area contributed by atoms with Gasteiger partial charge in [-0.2, -0.15) is 5.06 Å². The minimum Gasteiger partial charge on any atom is -0.468 e. The molecule has 0 aliphatic carbocycles. The molecule has 3 rings (SSSR count). The topological polar surface area (TPSA) is 65.1 Å². The molecule has 1 saturated heterocycles. The summed E-state index contributed by atoms with van der Waals surface area (Å²) in [4.78, 5) is 32.1. The summed E-state index contributed by atoms with van der Waals surface area (Å²) in [6.07, 6.45) is -0.380. The molecule has 6 heteroatoms. The predicted molar refractivity (Wildman–Crippen MR) is 98.3 cm³/mol. The number of nitrogens with zero attached hydrogens (tertiary/aromatic N) is 1. The molecule has 0 spiro atoms. The van der Waals surface area contributed by atoms with Crippen LogP contribution in [0.5, 0.6) is 0 Å². The lowest BCUT2D eigenvalue weighted by molar-refractivity contribution is -0.277. The van der Waals surface area contributed by atoms with Gasteiger partial charge in [-0.15, -0.1) is 0 Å². The van der Waals surface area contributed by atoms with Crippen LogP contribution in [0, 0.1) is 5.41 Å². The molecule has 0 amide bonds. The highest BCUT2D eigenvalue weighted by Gasteiger charge is 2.61. The summed E-state index contributed by atoms with van der Waals surface area (Å²) in [6, 6.07) is 18.1. The van der Waals surface area contributed by atoms with Gasteiger partial charge in [-0.05, 0) is 11.1 Å². The van der Waals surface area contributed by atoms with Crippen LogP contribution in [-0.4, -0.2) is 38.3 Å². The molecule has 0 saturated carbocycles. The van der Waals surface area contributed by atoms with Crippen molar-refractivity contribution in [3.8, 4) is 0 Å². The van der Waals surface area contributed by atoms with E-state index in [4.69, 9.17) is 14.3 Å². The number of benzene rings is 2. The molecule has 142 valence electrons. The van der Waals surface area contributed by atoms with Crippen molar-refractivity contribution in [3.05, 3.63) is 71.8 Å². The molecular weight excluding hydrogens is 346 g/mol. The van der Waals surface area contributed by atoms with E-state index in [9.17, 15) is 9.59 Å². The van der Waals surface area contributed by atoms with Crippen LogP contribution in [0.1, 0.15) is 29.7 Å². The molecule has 2 atom stereocenters. The molecule has 1 fully saturated rings. The number of hydroxylamine groups is 2. The molecule has 1 aliphatic heterocycles. The molecule has 2 aromatic rings. The van der Waals surface area contributed by atoms with Crippen LogP contribution in [0.2, 0.25) is 0 Å². The maximum absolute atomic E-state index is 13.0. The number of hydrogen-bond acceptors (Lipinski definition) is 6. The molecule has 2 aromatic carbocycles. The number of esters is 2. The van der Waals surface area contributed by atoms with Crippen molar-refractivity contribution in [1.29, 1.82) is 0 Å². The van der Waals surface area contributed by atoms with Gasteiger partial charge < -0.3 is 9.47 Å². The second-order valence-electron chi connectivity index (χ2n) is 6.52. The van der Waals surface area contributed by atoms with Crippen LogP contribution < -0.4 is 0 Å². The van der Waals surface area contributed by atoms with E-state index in [0.717, 1.165) is 11.1 Å². The zero-order chi connectivity index (χ0) is 19.4. The van der Waals surface area contributed by atoms with E-state index in [1.54, 1.807) is 12.1 Å². The van der Waals surface area contributed by atoms with Crippen molar-refractivity contribution in [1.82, 2.24) is 5.06 Å². The number of carbonyl (C=O) groups excluding carboxylic acids is 2. The standard InChI is InChI=1S/C21H23NO5/c1-22-18(16-12-8-5-9-13-16)21(19(23)25-2,20(24)26-3)14-17(27-22)15-10-6-4-7-11-15/h4-13,17-18H,14H2,1-3H3/t17-,18-/m1/s1. The van der Waals surface area contributed by atoms with E-state index in [2.05, 4.69) is 0 Å². The number of rotatable bonds is 4. The smallest absolute Gasteiger partial charge is 0.325 e. The first-order chi connectivity index (χ1) is 13.0. The summed E-state index contributed by atoms with van der Waals surface area (Å²) in [5.41, 5.74) is 0.0774. The molecule has 0 radical (unpaired) electrons. The lowest BCUT2D eigenvalue weighted by atomic mass is 9.70. The normalized spacial score (nSPS) is 22.0. The van der Waals surface area contributed by atoms with Crippen molar-refractivity contribution in [2.75, 3.05) is 21.3 Å². The fourth-order valence-corrected chi connectivity index (χ4v) is 3.83. The first kappa shape index (κ1) is 19.1. The van der Waals surface area contributed by atoms with Gasteiger partial charge in [0.25, 0.3) is 0 Å². The van der Waals surface area contributed by atoms with Crippen LogP contribution in [0.4, 0.5) is 0 Å². The monoisotopic (exact) mass is 369 g/mol. The predicted octanol–water partition coefficient (Wildman–Crippen LogP) is 3.07. The molecule has 27 heavy (non-hydrogen) atoms. The van der Waals surface area contributed by atoms with Crippen LogP contribution in [-0.2, 0) is 23.9 Å². The van der Waals surface area contributed by atoms with Gasteiger partial charge in [-0.25, -0.2) is 0 Å². The molecule has 1 aliphatic rings. The third-order valence-corrected chi connectivity index (χ3v) is 5.02. The zero-order valence-electron chi connectivity index (χ0n) is 15.6. The van der Waals surface area contributed by atoms with Crippen LogP contribution >= 0.6 is 0 Å². The summed E-state index contributed by atoms with van der Waals surface area (Å²) in [5, 5.41) is 1.56. The summed E-state index contributed by atoms with van der Waals surface area (Å²) in [5.74, 6) is -1.28. The van der Waals surface area contributed by atoms with Crippen molar-refractivity contribution in [2.24, 2.45) is 5.41 Å². The average Bonchev–Trinajstić information content (AvgIpc) is 2.73. The molecule has 0 bridgehead atoms. The number of carbonyl (C=O) groups is 2. The van der Waals surface area contributed by atoms with E-state index >= 15 is 0 Å². The number of ether oxygens (including phenoxy) is 2. The molecule has 1 heterocycles. The molecule has 0 aromatic heterocycles. The van der Waals surface area contributed by atoms with E-state index in [1.807, 2.05) is 60.7 Å². The Bertz CT molecular complexity index is 777. The summed E-state index contributed by atoms with van der Waals surface area (Å²) in [7, 11) is 4.28. The Hall–Kier alpha value is -2.70. The first-order valence-electron chi connectivity index (χ1n) is 8.71. The van der Waals surface area contributed by atoms with Crippen LogP contribution in [0.15, 0.2) is 60.7 Å². The van der Waals surface area contributed by atoms with Gasteiger partial charge >= 0.3 is 11.9 Å². The molecule has 0 unspecified atom stereocenters. The van der Waals surface area contributed by atoms with Crippen molar-refractivity contribution < 1.29 is 23.9 Å². The SMILES string of the molecule is COC(=O)C1(C(=O)OC)C[C@H](c2ccccc2)ON(C)[C@@H]1c1ccccc1. The summed E-state index contributed by atoms with van der Waals surface area (Å²) < 4.78 is 10.2. The van der Waals surface area contributed by atoms with Gasteiger partial charge in [0, 0.05) is 13.5 Å². The van der Waals surface area contributed by atoms with Gasteiger partial charge in [0.2, 0.25) is 0 Å². The van der Waals surface area contributed by atoms with Crippen LogP contribution in [0.25, 0.3) is 0 Å². The van der Waals surface area contributed by atoms with Gasteiger partial charge in [0.05, 0.1) is 20.3 Å². The fraction of sp³-hybridized carbons (Fsp3) is 0.333. The van der Waals surface area contributed by atoms with E-state index in [0.29, 0.717) is 0 Å². The van der Waals surface area contributed by atoms with Gasteiger partial charge in [0.1, 0.15) is 6.10 Å². The third-order valence-electron chi connectivity index (χ3n) is 5.02. The minimum absolute atomic E-state index is 0.111. The van der Waals surface area contributed by atoms with Crippen molar-refractivity contribution in [2.45, 2.75) is 18.6 Å². The van der Waals surface area contributed by atoms with Crippen molar-refractivity contribution >= 4 is 11.9 Å².